The summed E-state index contributed by atoms with van der Waals surface area (Å²) in [7, 11) is 0. The maximum atomic E-state index is 10.00. The lowest BCUT2D eigenvalue weighted by molar-refractivity contribution is -0.383. The van der Waals surface area contributed by atoms with Gasteiger partial charge < -0.3 is 85.3 Å². The van der Waals surface area contributed by atoms with Crippen molar-refractivity contribution in [3.63, 3.8) is 0 Å². The van der Waals surface area contributed by atoms with Gasteiger partial charge in [0.15, 0.2) is 12.6 Å². The predicted molar refractivity (Wildman–Crippen MR) is 105 cm³/mol. The van der Waals surface area contributed by atoms with Gasteiger partial charge in [-0.2, -0.15) is 0 Å². The molecule has 3 aliphatic heterocycles. The number of aliphatic hydroxyl groups excluding tert-OH is 13. The van der Waals surface area contributed by atoms with Gasteiger partial charge in [0.05, 0.1) is 19.8 Å². The third kappa shape index (κ3) is 6.25. The topological polar surface area (TPSA) is 300 Å². The van der Waals surface area contributed by atoms with Crippen LogP contribution in [0.15, 0.2) is 0 Å². The Balaban J connectivity index is 0.000000303. The number of rotatable bonds is 6. The van der Waals surface area contributed by atoms with Gasteiger partial charge in [-0.3, -0.25) is 0 Å². The SMILES string of the molecule is OCC1OC(OC2(CO)OC(CO)C(O)C2O)C(O)C(O)C1O.OC[C@H]1O[C@H](O)[C@H](O)[C@@H](O)[C@@H]1O. The van der Waals surface area contributed by atoms with Gasteiger partial charge in [0.2, 0.25) is 5.79 Å². The first-order valence-corrected chi connectivity index (χ1v) is 10.6. The molecule has 208 valence electrons. The molecule has 0 aliphatic carbocycles. The van der Waals surface area contributed by atoms with Crippen molar-refractivity contribution in [2.24, 2.45) is 0 Å². The molecule has 3 aliphatic rings. The number of hydrogen-bond donors (Lipinski definition) is 13. The zero-order valence-corrected chi connectivity index (χ0v) is 18.3. The summed E-state index contributed by atoms with van der Waals surface area (Å²) in [6.45, 7) is -2.85. The van der Waals surface area contributed by atoms with E-state index in [9.17, 15) is 30.6 Å². The molecule has 0 spiro atoms. The Morgan fingerprint density at radius 3 is 1.49 bits per heavy atom. The smallest absolute Gasteiger partial charge is 0.224 e. The van der Waals surface area contributed by atoms with Crippen LogP contribution in [0.4, 0.5) is 0 Å². The van der Waals surface area contributed by atoms with Crippen molar-refractivity contribution in [3.05, 3.63) is 0 Å². The van der Waals surface area contributed by atoms with Crippen molar-refractivity contribution in [3.8, 4) is 0 Å². The number of aliphatic hydroxyl groups is 13. The summed E-state index contributed by atoms with van der Waals surface area (Å²) >= 11 is 0. The molecule has 3 saturated heterocycles. The van der Waals surface area contributed by atoms with E-state index in [1.54, 1.807) is 0 Å². The predicted octanol–water partition coefficient (Wildman–Crippen LogP) is -8.62. The fourth-order valence-corrected chi connectivity index (χ4v) is 3.71. The highest BCUT2D eigenvalue weighted by Crippen LogP contribution is 2.35. The fraction of sp³-hybridized carbons (Fsp3) is 1.00. The van der Waals surface area contributed by atoms with Crippen LogP contribution in [0.5, 0.6) is 0 Å². The standard InChI is InChI=1S/C12H22O11.C6H12O6/c13-1-4-6(16)8(18)9(19)11(21-4)23-12(3-15)10(20)7(17)5(2-14)22-12;7-1-2-3(8)4(9)5(10)6(11)12-2/h4-11,13-20H,1-3H2;2-11H,1H2/t;2-,3-,4+,5-,6+/m.1/s1. The number of hydrogen-bond acceptors (Lipinski definition) is 17. The Hall–Kier alpha value is -0.680. The molecular formula is C18H34O17. The molecule has 0 amide bonds. The van der Waals surface area contributed by atoms with Crippen molar-refractivity contribution >= 4 is 0 Å². The lowest BCUT2D eigenvalue weighted by atomic mass is 9.99. The fourth-order valence-electron chi connectivity index (χ4n) is 3.71. The maximum Gasteiger partial charge on any atom is 0.224 e. The average Bonchev–Trinajstić information content (AvgIpc) is 3.10. The van der Waals surface area contributed by atoms with Crippen LogP contribution in [0.25, 0.3) is 0 Å². The summed E-state index contributed by atoms with van der Waals surface area (Å²) in [5.74, 6) is -2.22. The molecule has 3 rings (SSSR count). The highest BCUT2D eigenvalue weighted by molar-refractivity contribution is 4.98. The van der Waals surface area contributed by atoms with Crippen LogP contribution in [0, 0.1) is 0 Å². The lowest BCUT2D eigenvalue weighted by Crippen LogP contribution is -2.62. The molecule has 13 N–H and O–H groups in total. The molecule has 3 heterocycles. The van der Waals surface area contributed by atoms with E-state index in [2.05, 4.69) is 4.74 Å². The molecular weight excluding hydrogens is 488 g/mol. The van der Waals surface area contributed by atoms with E-state index in [-0.39, 0.29) is 0 Å². The minimum atomic E-state index is -2.22. The van der Waals surface area contributed by atoms with E-state index >= 15 is 0 Å². The summed E-state index contributed by atoms with van der Waals surface area (Å²) in [6.07, 6.45) is -19.7. The van der Waals surface area contributed by atoms with Gasteiger partial charge in [-0.15, -0.1) is 0 Å². The lowest BCUT2D eigenvalue weighted by Gasteiger charge is -2.43. The van der Waals surface area contributed by atoms with Gasteiger partial charge in [0.1, 0.15) is 73.8 Å². The van der Waals surface area contributed by atoms with Crippen LogP contribution in [-0.4, -0.2) is 178 Å². The monoisotopic (exact) mass is 522 g/mol. The van der Waals surface area contributed by atoms with Gasteiger partial charge >= 0.3 is 0 Å². The summed E-state index contributed by atoms with van der Waals surface area (Å²) in [5.41, 5.74) is 0. The van der Waals surface area contributed by atoms with Crippen LogP contribution < -0.4 is 0 Å². The maximum absolute atomic E-state index is 10.00. The van der Waals surface area contributed by atoms with Gasteiger partial charge in [-0.25, -0.2) is 0 Å². The van der Waals surface area contributed by atoms with Crippen molar-refractivity contribution in [1.29, 1.82) is 0 Å². The largest absolute Gasteiger partial charge is 0.394 e. The highest BCUT2D eigenvalue weighted by atomic mass is 16.8. The zero-order chi connectivity index (χ0) is 26.7. The van der Waals surface area contributed by atoms with Gasteiger partial charge in [0.25, 0.3) is 0 Å². The highest BCUT2D eigenvalue weighted by Gasteiger charge is 2.58. The van der Waals surface area contributed by atoms with Crippen LogP contribution in [0.3, 0.4) is 0 Å². The Morgan fingerprint density at radius 2 is 1.03 bits per heavy atom. The minimum Gasteiger partial charge on any atom is -0.394 e. The molecule has 0 radical (unpaired) electrons. The summed E-state index contributed by atoms with van der Waals surface area (Å²) in [5, 5.41) is 121. The van der Waals surface area contributed by atoms with Crippen LogP contribution in [0.1, 0.15) is 0 Å². The molecule has 0 saturated carbocycles. The Morgan fingerprint density at radius 1 is 0.543 bits per heavy atom. The van der Waals surface area contributed by atoms with Crippen molar-refractivity contribution in [2.75, 3.05) is 26.4 Å². The Kier molecular flexibility index (Phi) is 11.1. The third-order valence-corrected chi connectivity index (χ3v) is 5.94. The van der Waals surface area contributed by atoms with Crippen molar-refractivity contribution < 1.29 is 85.3 Å². The van der Waals surface area contributed by atoms with Crippen molar-refractivity contribution in [1.82, 2.24) is 0 Å². The first-order valence-electron chi connectivity index (χ1n) is 10.6. The molecule has 14 atom stereocenters. The van der Waals surface area contributed by atoms with Crippen LogP contribution in [0.2, 0.25) is 0 Å². The first-order chi connectivity index (χ1) is 16.4. The molecule has 17 heteroatoms. The van der Waals surface area contributed by atoms with E-state index < -0.39 is 112 Å². The molecule has 35 heavy (non-hydrogen) atoms. The molecule has 0 aromatic carbocycles. The van der Waals surface area contributed by atoms with E-state index in [0.29, 0.717) is 0 Å². The van der Waals surface area contributed by atoms with Crippen molar-refractivity contribution in [2.45, 2.75) is 85.5 Å². The van der Waals surface area contributed by atoms with Gasteiger partial charge in [0, 0.05) is 0 Å². The van der Waals surface area contributed by atoms with E-state index in [1.165, 1.54) is 0 Å². The van der Waals surface area contributed by atoms with E-state index in [4.69, 9.17) is 50.0 Å². The van der Waals surface area contributed by atoms with Crippen LogP contribution >= 0.6 is 0 Å². The first kappa shape index (κ1) is 30.5. The molecule has 3 fully saturated rings. The second-order valence-corrected chi connectivity index (χ2v) is 8.28. The molecule has 9 unspecified atom stereocenters. The third-order valence-electron chi connectivity index (χ3n) is 5.94. The van der Waals surface area contributed by atoms with E-state index in [0.717, 1.165) is 0 Å². The number of ether oxygens (including phenoxy) is 4. The normalized spacial score (nSPS) is 50.5. The summed E-state index contributed by atoms with van der Waals surface area (Å²) < 4.78 is 20.0. The second kappa shape index (κ2) is 12.7. The molecule has 17 nitrogen and oxygen atoms in total. The molecule has 0 aromatic heterocycles. The average molecular weight is 522 g/mol. The Labute approximate surface area is 198 Å². The Bertz CT molecular complexity index is 635. The van der Waals surface area contributed by atoms with Crippen LogP contribution in [-0.2, 0) is 18.9 Å². The minimum absolute atomic E-state index is 0.526. The van der Waals surface area contributed by atoms with Gasteiger partial charge in [-0.05, 0) is 0 Å². The second-order valence-electron chi connectivity index (χ2n) is 8.28. The molecule has 0 aromatic rings. The summed E-state index contributed by atoms with van der Waals surface area (Å²) in [6, 6.07) is 0. The van der Waals surface area contributed by atoms with E-state index in [1.807, 2.05) is 0 Å². The molecule has 0 bridgehead atoms. The quantitative estimate of drug-likeness (QED) is 0.154. The van der Waals surface area contributed by atoms with Gasteiger partial charge in [-0.1, -0.05) is 0 Å². The summed E-state index contributed by atoms with van der Waals surface area (Å²) in [4.78, 5) is 0. The zero-order valence-electron chi connectivity index (χ0n) is 18.3.